The molecule has 2 aromatic heterocycles. The van der Waals surface area contributed by atoms with Crippen molar-refractivity contribution < 1.29 is 0 Å². The summed E-state index contributed by atoms with van der Waals surface area (Å²) >= 11 is 0. The Morgan fingerprint density at radius 3 is 2.33 bits per heavy atom. The van der Waals surface area contributed by atoms with Gasteiger partial charge in [-0.3, -0.25) is 9.88 Å². The molecule has 0 bridgehead atoms. The summed E-state index contributed by atoms with van der Waals surface area (Å²) in [5.41, 5.74) is 3.52. The molecule has 0 unspecified atom stereocenters. The molecule has 0 aromatic carbocycles. The molecule has 0 N–H and O–H groups in total. The maximum absolute atomic E-state index is 4.46. The first kappa shape index (κ1) is 14.1. The Hall–Kier alpha value is -1.88. The molecule has 1 saturated heterocycles. The van der Waals surface area contributed by atoms with Crippen LogP contribution in [0.25, 0.3) is 0 Å². The van der Waals surface area contributed by atoms with Crippen molar-refractivity contribution in [1.82, 2.24) is 19.4 Å². The Labute approximate surface area is 126 Å². The zero-order valence-electron chi connectivity index (χ0n) is 12.9. The van der Waals surface area contributed by atoms with Gasteiger partial charge in [0, 0.05) is 68.7 Å². The van der Waals surface area contributed by atoms with Crippen LogP contribution in [0, 0.1) is 13.8 Å². The molecule has 5 heteroatoms. The molecule has 0 atom stereocenters. The average molecular weight is 285 g/mol. The van der Waals surface area contributed by atoms with E-state index < -0.39 is 0 Å². The first-order chi connectivity index (χ1) is 10.2. The van der Waals surface area contributed by atoms with E-state index in [1.54, 1.807) is 0 Å². The third kappa shape index (κ3) is 3.61. The fraction of sp³-hybridized carbons (Fsp3) is 0.500. The summed E-state index contributed by atoms with van der Waals surface area (Å²) < 4.78 is 2.14. The number of aromatic nitrogens is 3. The van der Waals surface area contributed by atoms with Crippen LogP contribution in [0.2, 0.25) is 0 Å². The van der Waals surface area contributed by atoms with Crippen molar-refractivity contribution in [3.8, 4) is 0 Å². The summed E-state index contributed by atoms with van der Waals surface area (Å²) in [5.74, 6) is 0. The van der Waals surface area contributed by atoms with Crippen LogP contribution in [-0.2, 0) is 6.54 Å². The van der Waals surface area contributed by atoms with Crippen molar-refractivity contribution in [2.45, 2.75) is 20.4 Å². The lowest BCUT2D eigenvalue weighted by Crippen LogP contribution is -2.47. The van der Waals surface area contributed by atoms with Crippen molar-refractivity contribution in [3.05, 3.63) is 42.2 Å². The molecular weight excluding hydrogens is 262 g/mol. The van der Waals surface area contributed by atoms with Crippen LogP contribution in [0.5, 0.6) is 0 Å². The van der Waals surface area contributed by atoms with Gasteiger partial charge in [0.05, 0.1) is 6.33 Å². The fourth-order valence-corrected chi connectivity index (χ4v) is 2.90. The molecule has 0 saturated carbocycles. The van der Waals surface area contributed by atoms with E-state index in [1.165, 1.54) is 5.69 Å². The van der Waals surface area contributed by atoms with Gasteiger partial charge in [0.1, 0.15) is 0 Å². The van der Waals surface area contributed by atoms with Gasteiger partial charge < -0.3 is 9.47 Å². The average Bonchev–Trinajstić information content (AvgIpc) is 2.98. The van der Waals surface area contributed by atoms with Crippen LogP contribution in [0.3, 0.4) is 0 Å². The van der Waals surface area contributed by atoms with Crippen LogP contribution in [-0.4, -0.2) is 52.2 Å². The van der Waals surface area contributed by atoms with Gasteiger partial charge >= 0.3 is 0 Å². The van der Waals surface area contributed by atoms with Crippen molar-refractivity contribution in [1.29, 1.82) is 0 Å². The summed E-state index contributed by atoms with van der Waals surface area (Å²) in [6.45, 7) is 10.7. The molecule has 0 spiro atoms. The first-order valence-corrected chi connectivity index (χ1v) is 7.59. The zero-order chi connectivity index (χ0) is 14.7. The zero-order valence-corrected chi connectivity index (χ0v) is 12.9. The minimum Gasteiger partial charge on any atom is -0.369 e. The van der Waals surface area contributed by atoms with E-state index in [-0.39, 0.29) is 0 Å². The molecule has 3 heterocycles. The molecule has 112 valence electrons. The smallest absolute Gasteiger partial charge is 0.0946 e. The Morgan fingerprint density at radius 2 is 1.71 bits per heavy atom. The van der Waals surface area contributed by atoms with Gasteiger partial charge in [0.25, 0.3) is 0 Å². The number of anilines is 1. The third-order valence-electron chi connectivity index (χ3n) is 4.04. The number of hydrogen-bond acceptors (Lipinski definition) is 4. The lowest BCUT2D eigenvalue weighted by Gasteiger charge is -2.36. The summed E-state index contributed by atoms with van der Waals surface area (Å²) in [6.07, 6.45) is 5.75. The van der Waals surface area contributed by atoms with Gasteiger partial charge in [-0.1, -0.05) is 0 Å². The topological polar surface area (TPSA) is 37.2 Å². The third-order valence-corrected chi connectivity index (χ3v) is 4.04. The van der Waals surface area contributed by atoms with E-state index in [1.807, 2.05) is 18.7 Å². The van der Waals surface area contributed by atoms with Crippen LogP contribution >= 0.6 is 0 Å². The van der Waals surface area contributed by atoms with Crippen LogP contribution in [0.1, 0.15) is 11.4 Å². The second kappa shape index (κ2) is 6.26. The summed E-state index contributed by atoms with van der Waals surface area (Å²) in [5, 5.41) is 0. The molecule has 1 aliphatic heterocycles. The molecule has 21 heavy (non-hydrogen) atoms. The predicted octanol–water partition coefficient (Wildman–Crippen LogP) is 1.72. The van der Waals surface area contributed by atoms with Crippen molar-refractivity contribution in [2.75, 3.05) is 37.6 Å². The maximum atomic E-state index is 4.46. The SMILES string of the molecule is Cc1cc(N2CCN(CCn3ccnc3)CC2)cc(C)n1. The van der Waals surface area contributed by atoms with Gasteiger partial charge in [0.15, 0.2) is 0 Å². The minimum absolute atomic E-state index is 1.02. The van der Waals surface area contributed by atoms with Gasteiger partial charge in [0.2, 0.25) is 0 Å². The highest BCUT2D eigenvalue weighted by molar-refractivity contribution is 5.48. The summed E-state index contributed by atoms with van der Waals surface area (Å²) in [6, 6.07) is 4.38. The Balaban J connectivity index is 1.52. The molecule has 0 radical (unpaired) electrons. The van der Waals surface area contributed by atoms with Crippen LogP contribution < -0.4 is 4.90 Å². The lowest BCUT2D eigenvalue weighted by molar-refractivity contribution is 0.248. The van der Waals surface area contributed by atoms with E-state index in [2.05, 4.69) is 50.3 Å². The number of imidazole rings is 1. The van der Waals surface area contributed by atoms with Gasteiger partial charge in [-0.15, -0.1) is 0 Å². The number of rotatable bonds is 4. The van der Waals surface area contributed by atoms with Gasteiger partial charge in [-0.2, -0.15) is 0 Å². The number of nitrogens with zero attached hydrogens (tertiary/aromatic N) is 5. The molecule has 1 fully saturated rings. The first-order valence-electron chi connectivity index (χ1n) is 7.59. The quantitative estimate of drug-likeness (QED) is 0.857. The van der Waals surface area contributed by atoms with E-state index in [0.717, 1.165) is 50.7 Å². The molecule has 5 nitrogen and oxygen atoms in total. The van der Waals surface area contributed by atoms with Gasteiger partial charge in [-0.25, -0.2) is 4.98 Å². The highest BCUT2D eigenvalue weighted by Gasteiger charge is 2.17. The fourth-order valence-electron chi connectivity index (χ4n) is 2.90. The molecule has 0 aliphatic carbocycles. The van der Waals surface area contributed by atoms with E-state index >= 15 is 0 Å². The second-order valence-electron chi connectivity index (χ2n) is 5.74. The van der Waals surface area contributed by atoms with Crippen LogP contribution in [0.15, 0.2) is 30.9 Å². The van der Waals surface area contributed by atoms with Crippen molar-refractivity contribution in [2.24, 2.45) is 0 Å². The highest BCUT2D eigenvalue weighted by Crippen LogP contribution is 2.18. The molecule has 1 aliphatic rings. The number of piperazine rings is 1. The maximum Gasteiger partial charge on any atom is 0.0946 e. The van der Waals surface area contributed by atoms with E-state index in [0.29, 0.717) is 0 Å². The second-order valence-corrected chi connectivity index (χ2v) is 5.74. The number of pyridine rings is 1. The monoisotopic (exact) mass is 285 g/mol. The standard InChI is InChI=1S/C16H23N5/c1-14-11-16(12-15(2)18-14)21-9-7-19(8-10-21)5-6-20-4-3-17-13-20/h3-4,11-13H,5-10H2,1-2H3. The predicted molar refractivity (Wildman–Crippen MR) is 84.6 cm³/mol. The highest BCUT2D eigenvalue weighted by atomic mass is 15.3. The van der Waals surface area contributed by atoms with Crippen molar-refractivity contribution in [3.63, 3.8) is 0 Å². The van der Waals surface area contributed by atoms with E-state index in [4.69, 9.17) is 0 Å². The summed E-state index contributed by atoms with van der Waals surface area (Å²) in [7, 11) is 0. The number of hydrogen-bond donors (Lipinski definition) is 0. The Bertz CT molecular complexity index is 550. The Morgan fingerprint density at radius 1 is 1.00 bits per heavy atom. The van der Waals surface area contributed by atoms with E-state index in [9.17, 15) is 0 Å². The molecule has 2 aromatic rings. The summed E-state index contributed by atoms with van der Waals surface area (Å²) in [4.78, 5) is 13.5. The minimum atomic E-state index is 1.02. The number of aryl methyl sites for hydroxylation is 2. The molecule has 0 amide bonds. The largest absolute Gasteiger partial charge is 0.369 e. The van der Waals surface area contributed by atoms with Gasteiger partial charge in [-0.05, 0) is 26.0 Å². The molecule has 3 rings (SSSR count). The normalized spacial score (nSPS) is 16.4. The molecular formula is C16H23N5. The Kier molecular flexibility index (Phi) is 4.20. The van der Waals surface area contributed by atoms with Crippen molar-refractivity contribution >= 4 is 5.69 Å². The van der Waals surface area contributed by atoms with Crippen LogP contribution in [0.4, 0.5) is 5.69 Å². The lowest BCUT2D eigenvalue weighted by atomic mass is 10.2.